The summed E-state index contributed by atoms with van der Waals surface area (Å²) in [5, 5.41) is 3.42. The summed E-state index contributed by atoms with van der Waals surface area (Å²) in [6.45, 7) is 8.94. The Kier molecular flexibility index (Phi) is 4.35. The quantitative estimate of drug-likeness (QED) is 0.838. The van der Waals surface area contributed by atoms with E-state index in [2.05, 4.69) is 40.1 Å². The fourth-order valence-electron chi connectivity index (χ4n) is 3.64. The van der Waals surface area contributed by atoms with E-state index in [0.29, 0.717) is 35.9 Å². The van der Waals surface area contributed by atoms with Crippen LogP contribution in [-0.2, 0) is 9.47 Å². The van der Waals surface area contributed by atoms with Gasteiger partial charge in [0.15, 0.2) is 0 Å². The second kappa shape index (κ2) is 5.48. The predicted octanol–water partition coefficient (Wildman–Crippen LogP) is 2.74. The molecule has 0 amide bonds. The Morgan fingerprint density at radius 3 is 2.33 bits per heavy atom. The van der Waals surface area contributed by atoms with Crippen LogP contribution in [0.1, 0.15) is 53.4 Å². The van der Waals surface area contributed by atoms with Crippen molar-refractivity contribution in [3.63, 3.8) is 0 Å². The summed E-state index contributed by atoms with van der Waals surface area (Å²) in [7, 11) is 2.06. The highest BCUT2D eigenvalue weighted by Gasteiger charge is 2.51. The van der Waals surface area contributed by atoms with Gasteiger partial charge in [-0.3, -0.25) is 0 Å². The molecule has 0 bridgehead atoms. The van der Waals surface area contributed by atoms with Crippen LogP contribution >= 0.6 is 0 Å². The third kappa shape index (κ3) is 2.59. The molecule has 1 saturated carbocycles. The van der Waals surface area contributed by atoms with Gasteiger partial charge in [-0.25, -0.2) is 0 Å². The smallest absolute Gasteiger partial charge is 0.0662 e. The van der Waals surface area contributed by atoms with Crippen molar-refractivity contribution in [1.29, 1.82) is 0 Å². The molecule has 1 aliphatic heterocycles. The lowest BCUT2D eigenvalue weighted by atomic mass is 9.61. The van der Waals surface area contributed by atoms with Crippen LogP contribution in [0.2, 0.25) is 0 Å². The molecule has 2 aliphatic rings. The first-order valence-electron chi connectivity index (χ1n) is 7.47. The zero-order valence-electron chi connectivity index (χ0n) is 12.5. The first-order chi connectivity index (χ1) is 8.49. The number of hydrogen-bond acceptors (Lipinski definition) is 3. The van der Waals surface area contributed by atoms with Gasteiger partial charge in [-0.15, -0.1) is 0 Å². The fraction of sp³-hybridized carbons (Fsp3) is 1.00. The van der Waals surface area contributed by atoms with Gasteiger partial charge in [0.25, 0.3) is 0 Å². The molecule has 1 N–H and O–H groups in total. The predicted molar refractivity (Wildman–Crippen MR) is 73.8 cm³/mol. The van der Waals surface area contributed by atoms with E-state index in [9.17, 15) is 0 Å². The lowest BCUT2D eigenvalue weighted by Gasteiger charge is -2.55. The summed E-state index contributed by atoms with van der Waals surface area (Å²) in [6, 6.07) is 0.613. The molecule has 3 heteroatoms. The van der Waals surface area contributed by atoms with Gasteiger partial charge in [0.2, 0.25) is 0 Å². The maximum Gasteiger partial charge on any atom is 0.0662 e. The molecule has 3 nitrogen and oxygen atoms in total. The van der Waals surface area contributed by atoms with Crippen molar-refractivity contribution in [2.24, 2.45) is 5.41 Å². The summed E-state index contributed by atoms with van der Waals surface area (Å²) >= 11 is 0. The molecule has 1 heterocycles. The van der Waals surface area contributed by atoms with Gasteiger partial charge in [-0.05, 0) is 46.6 Å². The minimum atomic E-state index is 0.305. The van der Waals surface area contributed by atoms with Gasteiger partial charge < -0.3 is 14.8 Å². The lowest BCUT2D eigenvalue weighted by Crippen LogP contribution is -2.62. The molecule has 0 aromatic carbocycles. The molecular formula is C15H29NO2. The Hall–Kier alpha value is -0.120. The van der Waals surface area contributed by atoms with Crippen molar-refractivity contribution in [3.05, 3.63) is 0 Å². The maximum atomic E-state index is 6.39. The molecule has 5 atom stereocenters. The van der Waals surface area contributed by atoms with Gasteiger partial charge in [0.1, 0.15) is 0 Å². The number of rotatable bonds is 4. The van der Waals surface area contributed by atoms with Gasteiger partial charge >= 0.3 is 0 Å². The molecule has 0 radical (unpaired) electrons. The highest BCUT2D eigenvalue weighted by molar-refractivity contribution is 5.04. The summed E-state index contributed by atoms with van der Waals surface area (Å²) in [5.41, 5.74) is 0.305. The summed E-state index contributed by atoms with van der Waals surface area (Å²) in [4.78, 5) is 0. The van der Waals surface area contributed by atoms with E-state index in [1.807, 2.05) is 0 Å². The number of hydrogen-bond donors (Lipinski definition) is 1. The van der Waals surface area contributed by atoms with Gasteiger partial charge in [-0.2, -0.15) is 0 Å². The molecule has 0 spiro atoms. The van der Waals surface area contributed by atoms with E-state index < -0.39 is 0 Å². The average Bonchev–Trinajstić information content (AvgIpc) is 2.31. The number of nitrogens with one attached hydrogen (secondary N) is 1. The Labute approximate surface area is 112 Å². The monoisotopic (exact) mass is 255 g/mol. The van der Waals surface area contributed by atoms with Crippen LogP contribution in [0, 0.1) is 5.41 Å². The van der Waals surface area contributed by atoms with Crippen LogP contribution in [0.4, 0.5) is 0 Å². The molecule has 18 heavy (non-hydrogen) atoms. The minimum Gasteiger partial charge on any atom is -0.375 e. The molecule has 2 rings (SSSR count). The third-order valence-corrected chi connectivity index (χ3v) is 5.10. The van der Waals surface area contributed by atoms with Crippen molar-refractivity contribution >= 4 is 0 Å². The lowest BCUT2D eigenvalue weighted by molar-refractivity contribution is -0.188. The van der Waals surface area contributed by atoms with Crippen molar-refractivity contribution in [1.82, 2.24) is 5.32 Å². The molecule has 5 unspecified atom stereocenters. The van der Waals surface area contributed by atoms with Crippen molar-refractivity contribution in [2.45, 2.75) is 83.8 Å². The van der Waals surface area contributed by atoms with Crippen LogP contribution in [0.15, 0.2) is 0 Å². The standard InChI is InChI=1S/C15H29NO2/c1-6-15(4)13(16-5)9-14(15)18-12-7-10(2)17-11(3)8-12/h10-14,16H,6-9H2,1-5H3. The zero-order chi connectivity index (χ0) is 13.3. The van der Waals surface area contributed by atoms with Crippen LogP contribution < -0.4 is 5.32 Å². The van der Waals surface area contributed by atoms with Crippen molar-refractivity contribution < 1.29 is 9.47 Å². The highest BCUT2D eigenvalue weighted by Crippen LogP contribution is 2.46. The molecule has 0 aromatic heterocycles. The molecule has 106 valence electrons. The summed E-state index contributed by atoms with van der Waals surface area (Å²) < 4.78 is 12.2. The highest BCUT2D eigenvalue weighted by atomic mass is 16.5. The fourth-order valence-corrected chi connectivity index (χ4v) is 3.64. The summed E-state index contributed by atoms with van der Waals surface area (Å²) in [6.07, 6.45) is 5.91. The van der Waals surface area contributed by atoms with Gasteiger partial charge in [0, 0.05) is 11.5 Å². The topological polar surface area (TPSA) is 30.5 Å². The first-order valence-corrected chi connectivity index (χ1v) is 7.47. The van der Waals surface area contributed by atoms with Gasteiger partial charge in [-0.1, -0.05) is 13.8 Å². The van der Waals surface area contributed by atoms with Crippen LogP contribution in [0.5, 0.6) is 0 Å². The van der Waals surface area contributed by atoms with E-state index in [1.165, 1.54) is 6.42 Å². The van der Waals surface area contributed by atoms with E-state index >= 15 is 0 Å². The summed E-state index contributed by atoms with van der Waals surface area (Å²) in [5.74, 6) is 0. The Morgan fingerprint density at radius 2 is 1.83 bits per heavy atom. The van der Waals surface area contributed by atoms with E-state index in [1.54, 1.807) is 0 Å². The molecule has 1 aliphatic carbocycles. The number of ether oxygens (including phenoxy) is 2. The second-order valence-electron chi connectivity index (χ2n) is 6.41. The maximum absolute atomic E-state index is 6.39. The Morgan fingerprint density at radius 1 is 1.22 bits per heavy atom. The SMILES string of the molecule is CCC1(C)C(NC)CC1OC1CC(C)OC(C)C1. The zero-order valence-corrected chi connectivity index (χ0v) is 12.5. The second-order valence-corrected chi connectivity index (χ2v) is 6.41. The minimum absolute atomic E-state index is 0.305. The molecule has 0 aromatic rings. The first kappa shape index (κ1) is 14.3. The van der Waals surface area contributed by atoms with Crippen molar-refractivity contribution in [2.75, 3.05) is 7.05 Å². The molecule has 1 saturated heterocycles. The molecule has 2 fully saturated rings. The van der Waals surface area contributed by atoms with E-state index in [-0.39, 0.29) is 0 Å². The normalized spacial score (nSPS) is 48.8. The van der Waals surface area contributed by atoms with E-state index in [0.717, 1.165) is 19.3 Å². The van der Waals surface area contributed by atoms with Crippen LogP contribution in [-0.4, -0.2) is 37.5 Å². The Balaban J connectivity index is 1.90. The largest absolute Gasteiger partial charge is 0.375 e. The average molecular weight is 255 g/mol. The molecular weight excluding hydrogens is 226 g/mol. The van der Waals surface area contributed by atoms with Crippen LogP contribution in [0.25, 0.3) is 0 Å². The van der Waals surface area contributed by atoms with Crippen molar-refractivity contribution in [3.8, 4) is 0 Å². The third-order valence-electron chi connectivity index (χ3n) is 5.10. The van der Waals surface area contributed by atoms with Gasteiger partial charge in [0.05, 0.1) is 24.4 Å². The Bertz CT molecular complexity index is 274. The van der Waals surface area contributed by atoms with Crippen LogP contribution in [0.3, 0.4) is 0 Å². The van der Waals surface area contributed by atoms with E-state index in [4.69, 9.17) is 9.47 Å².